The van der Waals surface area contributed by atoms with Crippen LogP contribution in [-0.4, -0.2) is 23.9 Å². The molecule has 0 saturated carbocycles. The Balaban J connectivity index is 2.06. The minimum absolute atomic E-state index is 0.102. The largest absolute Gasteiger partial charge is 0.352 e. The number of nitrogens with one attached hydrogen (secondary N) is 1. The fourth-order valence-corrected chi connectivity index (χ4v) is 2.76. The van der Waals surface area contributed by atoms with Crippen LogP contribution in [0, 0.1) is 0 Å². The molecule has 2 aromatic rings. The molecule has 1 atom stereocenters. The molecule has 3 N–H and O–H groups in total. The summed E-state index contributed by atoms with van der Waals surface area (Å²) in [6.45, 7) is 0.383. The average molecular weight is 380 g/mol. The fraction of sp³-hybridized carbons (Fsp3) is 0.222. The van der Waals surface area contributed by atoms with Gasteiger partial charge in [-0.3, -0.25) is 4.79 Å². The molecule has 2 rings (SSSR count). The second kappa shape index (κ2) is 8.74. The second-order valence-corrected chi connectivity index (χ2v) is 6.49. The van der Waals surface area contributed by atoms with E-state index in [0.29, 0.717) is 16.6 Å². The van der Waals surface area contributed by atoms with Crippen LogP contribution in [0.25, 0.3) is 0 Å². The first kappa shape index (κ1) is 19.1. The maximum atomic E-state index is 12.5. The van der Waals surface area contributed by atoms with Crippen LogP contribution in [0.5, 0.6) is 0 Å². The Morgan fingerprint density at radius 2 is 1.80 bits per heavy atom. The molecular formula is C18H19Cl2N3O2. The van der Waals surface area contributed by atoms with Crippen molar-refractivity contribution in [1.82, 2.24) is 10.2 Å². The molecular weight excluding hydrogens is 361 g/mol. The number of nitrogens with two attached hydrogens (primary N) is 1. The van der Waals surface area contributed by atoms with Crippen LogP contribution in [0.2, 0.25) is 10.0 Å². The molecule has 0 heterocycles. The lowest BCUT2D eigenvalue weighted by Gasteiger charge is -2.22. The van der Waals surface area contributed by atoms with Gasteiger partial charge in [0.15, 0.2) is 0 Å². The molecule has 7 heteroatoms. The van der Waals surface area contributed by atoms with Gasteiger partial charge in [0, 0.05) is 13.6 Å². The van der Waals surface area contributed by atoms with Gasteiger partial charge >= 0.3 is 6.03 Å². The van der Waals surface area contributed by atoms with Crippen molar-refractivity contribution in [3.05, 3.63) is 69.7 Å². The van der Waals surface area contributed by atoms with Gasteiger partial charge in [0.25, 0.3) is 0 Å². The van der Waals surface area contributed by atoms with E-state index in [2.05, 4.69) is 5.32 Å². The Morgan fingerprint density at radius 3 is 2.40 bits per heavy atom. The van der Waals surface area contributed by atoms with E-state index in [9.17, 15) is 9.59 Å². The number of primary amides is 1. The molecule has 0 aliphatic heterocycles. The van der Waals surface area contributed by atoms with E-state index in [0.717, 1.165) is 11.1 Å². The van der Waals surface area contributed by atoms with E-state index >= 15 is 0 Å². The normalized spacial score (nSPS) is 11.6. The topological polar surface area (TPSA) is 75.4 Å². The highest BCUT2D eigenvalue weighted by molar-refractivity contribution is 6.42. The van der Waals surface area contributed by atoms with Crippen molar-refractivity contribution < 1.29 is 9.59 Å². The predicted octanol–water partition coefficient (Wildman–Crippen LogP) is 3.75. The van der Waals surface area contributed by atoms with Gasteiger partial charge in [-0.2, -0.15) is 0 Å². The number of rotatable bonds is 6. The summed E-state index contributed by atoms with van der Waals surface area (Å²) in [7, 11) is 1.69. The van der Waals surface area contributed by atoms with Gasteiger partial charge in [0.05, 0.1) is 22.5 Å². The van der Waals surface area contributed by atoms with Crippen LogP contribution in [0.4, 0.5) is 4.79 Å². The number of hydrogen-bond acceptors (Lipinski definition) is 2. The van der Waals surface area contributed by atoms with E-state index in [4.69, 9.17) is 28.9 Å². The monoisotopic (exact) mass is 379 g/mol. The molecule has 5 nitrogen and oxygen atoms in total. The molecule has 0 aliphatic rings. The third-order valence-electron chi connectivity index (χ3n) is 3.73. The minimum Gasteiger partial charge on any atom is -0.352 e. The van der Waals surface area contributed by atoms with Crippen molar-refractivity contribution >= 4 is 35.1 Å². The van der Waals surface area contributed by atoms with Crippen LogP contribution >= 0.6 is 23.2 Å². The fourth-order valence-electron chi connectivity index (χ4n) is 2.44. The number of amides is 3. The first-order chi connectivity index (χ1) is 11.9. The van der Waals surface area contributed by atoms with Crippen LogP contribution in [0.3, 0.4) is 0 Å². The highest BCUT2D eigenvalue weighted by Crippen LogP contribution is 2.23. The lowest BCUT2D eigenvalue weighted by Crippen LogP contribution is -2.37. The van der Waals surface area contributed by atoms with Gasteiger partial charge in [0.1, 0.15) is 0 Å². The van der Waals surface area contributed by atoms with Crippen LogP contribution in [-0.2, 0) is 11.3 Å². The molecule has 0 aliphatic carbocycles. The molecule has 0 fully saturated rings. The summed E-state index contributed by atoms with van der Waals surface area (Å²) in [4.78, 5) is 25.4. The maximum Gasteiger partial charge on any atom is 0.312 e. The standard InChI is InChI=1S/C18H19Cl2N3O2/c1-23(11-12-7-8-14(19)15(20)9-12)17(24)10-16(22-18(21)25)13-5-3-2-4-6-13/h2-9,16H,10-11H2,1H3,(H3,21,22,25). The van der Waals surface area contributed by atoms with Crippen molar-refractivity contribution in [1.29, 1.82) is 0 Å². The predicted molar refractivity (Wildman–Crippen MR) is 99.5 cm³/mol. The van der Waals surface area contributed by atoms with Gasteiger partial charge in [-0.15, -0.1) is 0 Å². The van der Waals surface area contributed by atoms with Gasteiger partial charge in [-0.1, -0.05) is 59.6 Å². The maximum absolute atomic E-state index is 12.5. The Hall–Kier alpha value is -2.24. The van der Waals surface area contributed by atoms with Crippen molar-refractivity contribution in [2.24, 2.45) is 5.73 Å². The summed E-state index contributed by atoms with van der Waals surface area (Å²) in [5.41, 5.74) is 6.92. The lowest BCUT2D eigenvalue weighted by atomic mass is 10.0. The van der Waals surface area contributed by atoms with Crippen molar-refractivity contribution in [2.45, 2.75) is 19.0 Å². The third-order valence-corrected chi connectivity index (χ3v) is 4.47. The molecule has 0 radical (unpaired) electrons. The third kappa shape index (κ3) is 5.66. The highest BCUT2D eigenvalue weighted by Gasteiger charge is 2.20. The molecule has 0 aromatic heterocycles. The Labute approximate surface area is 156 Å². The molecule has 3 amide bonds. The van der Waals surface area contributed by atoms with Crippen LogP contribution in [0.1, 0.15) is 23.6 Å². The number of nitrogens with zero attached hydrogens (tertiary/aromatic N) is 1. The Morgan fingerprint density at radius 1 is 1.12 bits per heavy atom. The zero-order valence-corrected chi connectivity index (χ0v) is 15.2. The summed E-state index contributed by atoms with van der Waals surface area (Å²) in [6.07, 6.45) is 0.102. The summed E-state index contributed by atoms with van der Waals surface area (Å²) < 4.78 is 0. The minimum atomic E-state index is -0.672. The number of urea groups is 1. The highest BCUT2D eigenvalue weighted by atomic mass is 35.5. The first-order valence-electron chi connectivity index (χ1n) is 7.65. The molecule has 2 aromatic carbocycles. The SMILES string of the molecule is CN(Cc1ccc(Cl)c(Cl)c1)C(=O)CC(NC(N)=O)c1ccccc1. The quantitative estimate of drug-likeness (QED) is 0.801. The lowest BCUT2D eigenvalue weighted by molar-refractivity contribution is -0.130. The number of carbonyl (C=O) groups is 2. The summed E-state index contributed by atoms with van der Waals surface area (Å²) >= 11 is 11.9. The molecule has 1 unspecified atom stereocenters. The smallest absolute Gasteiger partial charge is 0.312 e. The Bertz CT molecular complexity index is 753. The summed E-state index contributed by atoms with van der Waals surface area (Å²) in [6, 6.07) is 13.3. The van der Waals surface area contributed by atoms with Gasteiger partial charge in [-0.05, 0) is 23.3 Å². The van der Waals surface area contributed by atoms with Gasteiger partial charge in [-0.25, -0.2) is 4.79 Å². The molecule has 0 bridgehead atoms. The zero-order chi connectivity index (χ0) is 18.4. The second-order valence-electron chi connectivity index (χ2n) is 5.67. The van der Waals surface area contributed by atoms with Gasteiger partial charge < -0.3 is 16.0 Å². The number of carbonyl (C=O) groups excluding carboxylic acids is 2. The molecule has 0 saturated heterocycles. The zero-order valence-electron chi connectivity index (χ0n) is 13.7. The first-order valence-corrected chi connectivity index (χ1v) is 8.41. The molecule has 132 valence electrons. The number of hydrogen-bond donors (Lipinski definition) is 2. The average Bonchev–Trinajstić information content (AvgIpc) is 2.58. The van der Waals surface area contributed by atoms with E-state index in [-0.39, 0.29) is 12.3 Å². The summed E-state index contributed by atoms with van der Waals surface area (Å²) in [5.74, 6) is -0.131. The van der Waals surface area contributed by atoms with E-state index in [1.807, 2.05) is 36.4 Å². The van der Waals surface area contributed by atoms with E-state index in [1.54, 1.807) is 24.1 Å². The summed E-state index contributed by atoms with van der Waals surface area (Å²) in [5, 5.41) is 3.52. The van der Waals surface area contributed by atoms with E-state index in [1.165, 1.54) is 0 Å². The van der Waals surface area contributed by atoms with Gasteiger partial charge in [0.2, 0.25) is 5.91 Å². The molecule has 0 spiro atoms. The van der Waals surface area contributed by atoms with E-state index < -0.39 is 12.1 Å². The molecule has 25 heavy (non-hydrogen) atoms. The van der Waals surface area contributed by atoms with Crippen LogP contribution < -0.4 is 11.1 Å². The number of benzene rings is 2. The Kier molecular flexibility index (Phi) is 6.67. The van der Waals surface area contributed by atoms with Crippen molar-refractivity contribution in [3.8, 4) is 0 Å². The number of halogens is 2. The van der Waals surface area contributed by atoms with Crippen LogP contribution in [0.15, 0.2) is 48.5 Å². The van der Waals surface area contributed by atoms with Crippen molar-refractivity contribution in [3.63, 3.8) is 0 Å². The van der Waals surface area contributed by atoms with Crippen molar-refractivity contribution in [2.75, 3.05) is 7.05 Å².